The number of halogens is 1. The van der Waals surface area contributed by atoms with Crippen molar-refractivity contribution in [2.75, 3.05) is 18.0 Å². The van der Waals surface area contributed by atoms with Crippen molar-refractivity contribution in [3.8, 4) is 0 Å². The molecule has 0 unspecified atom stereocenters. The highest BCUT2D eigenvalue weighted by atomic mass is 35.5. The van der Waals surface area contributed by atoms with E-state index in [-0.39, 0.29) is 5.28 Å². The van der Waals surface area contributed by atoms with E-state index in [4.69, 9.17) is 11.6 Å². The molecule has 0 aliphatic heterocycles. The Morgan fingerprint density at radius 1 is 1.05 bits per heavy atom. The zero-order chi connectivity index (χ0) is 15.2. The molecule has 0 fully saturated rings. The lowest BCUT2D eigenvalue weighted by molar-refractivity contribution is 0.790. The van der Waals surface area contributed by atoms with Crippen molar-refractivity contribution in [3.63, 3.8) is 0 Å². The van der Waals surface area contributed by atoms with Crippen LogP contribution in [0.5, 0.6) is 0 Å². The molecule has 0 aromatic carbocycles. The zero-order valence-electron chi connectivity index (χ0n) is 12.7. The van der Waals surface area contributed by atoms with E-state index < -0.39 is 0 Å². The fraction of sp³-hybridized carbons (Fsp3) is 0.467. The minimum Gasteiger partial charge on any atom is -0.341 e. The van der Waals surface area contributed by atoms with Crippen molar-refractivity contribution >= 4 is 17.5 Å². The van der Waals surface area contributed by atoms with Crippen LogP contribution in [0, 0.1) is 0 Å². The van der Waals surface area contributed by atoms with Gasteiger partial charge in [0, 0.05) is 25.0 Å². The summed E-state index contributed by atoms with van der Waals surface area (Å²) < 4.78 is 0. The topological polar surface area (TPSA) is 54.8 Å². The number of anilines is 1. The predicted molar refractivity (Wildman–Crippen MR) is 84.8 cm³/mol. The van der Waals surface area contributed by atoms with Crippen LogP contribution in [-0.4, -0.2) is 33.0 Å². The molecule has 21 heavy (non-hydrogen) atoms. The van der Waals surface area contributed by atoms with Crippen LogP contribution in [0.15, 0.2) is 18.3 Å². The maximum atomic E-state index is 6.01. The van der Waals surface area contributed by atoms with E-state index in [1.54, 1.807) is 0 Å². The summed E-state index contributed by atoms with van der Waals surface area (Å²) in [5, 5.41) is 0.229. The molecule has 5 nitrogen and oxygen atoms in total. The highest BCUT2D eigenvalue weighted by molar-refractivity contribution is 6.28. The predicted octanol–water partition coefficient (Wildman–Crippen LogP) is 2.92. The summed E-state index contributed by atoms with van der Waals surface area (Å²) in [6.07, 6.45) is 3.43. The Kier molecular flexibility index (Phi) is 5.44. The monoisotopic (exact) mass is 305 g/mol. The van der Waals surface area contributed by atoms with Crippen LogP contribution >= 0.6 is 11.6 Å². The molecule has 0 saturated carbocycles. The van der Waals surface area contributed by atoms with Gasteiger partial charge in [0.2, 0.25) is 11.2 Å². The molecular weight excluding hydrogens is 286 g/mol. The van der Waals surface area contributed by atoms with Crippen molar-refractivity contribution in [3.05, 3.63) is 40.7 Å². The van der Waals surface area contributed by atoms with Gasteiger partial charge >= 0.3 is 0 Å². The summed E-state index contributed by atoms with van der Waals surface area (Å²) in [5.74, 6) is 1.27. The van der Waals surface area contributed by atoms with Crippen molar-refractivity contribution in [1.29, 1.82) is 0 Å². The van der Waals surface area contributed by atoms with Crippen LogP contribution < -0.4 is 4.90 Å². The standard InChI is InChI=1S/C15H20ClN5/c1-4-11-7-8-12(17-10-11)9-13-18-14(16)20-15(19-13)21(5-2)6-3/h7-8,10H,4-6,9H2,1-3H3. The minimum absolute atomic E-state index is 0.229. The number of hydrogen-bond acceptors (Lipinski definition) is 5. The van der Waals surface area contributed by atoms with Crippen LogP contribution in [-0.2, 0) is 12.8 Å². The van der Waals surface area contributed by atoms with Gasteiger partial charge in [-0.05, 0) is 43.5 Å². The van der Waals surface area contributed by atoms with Crippen LogP contribution in [0.3, 0.4) is 0 Å². The van der Waals surface area contributed by atoms with Gasteiger partial charge in [-0.1, -0.05) is 13.0 Å². The Morgan fingerprint density at radius 2 is 1.81 bits per heavy atom. The molecule has 0 atom stereocenters. The van der Waals surface area contributed by atoms with Crippen molar-refractivity contribution in [1.82, 2.24) is 19.9 Å². The minimum atomic E-state index is 0.229. The van der Waals surface area contributed by atoms with E-state index in [0.717, 1.165) is 25.2 Å². The summed E-state index contributed by atoms with van der Waals surface area (Å²) in [4.78, 5) is 19.4. The van der Waals surface area contributed by atoms with Gasteiger partial charge in [-0.15, -0.1) is 0 Å². The smallest absolute Gasteiger partial charge is 0.229 e. The van der Waals surface area contributed by atoms with Gasteiger partial charge < -0.3 is 4.90 Å². The average Bonchev–Trinajstić information content (AvgIpc) is 2.49. The average molecular weight is 306 g/mol. The first-order valence-electron chi connectivity index (χ1n) is 7.25. The second-order valence-corrected chi connectivity index (χ2v) is 5.02. The van der Waals surface area contributed by atoms with Gasteiger partial charge in [-0.3, -0.25) is 4.98 Å². The van der Waals surface area contributed by atoms with E-state index in [1.807, 2.05) is 17.2 Å². The first kappa shape index (κ1) is 15.6. The molecule has 2 aromatic heterocycles. The van der Waals surface area contributed by atoms with Crippen LogP contribution in [0.1, 0.15) is 37.9 Å². The molecule has 0 radical (unpaired) electrons. The Balaban J connectivity index is 2.22. The number of aryl methyl sites for hydroxylation is 1. The molecule has 112 valence electrons. The second-order valence-electron chi connectivity index (χ2n) is 4.68. The maximum absolute atomic E-state index is 6.01. The lowest BCUT2D eigenvalue weighted by Gasteiger charge is -2.18. The lowest BCUT2D eigenvalue weighted by atomic mass is 10.2. The SMILES string of the molecule is CCc1ccc(Cc2nc(Cl)nc(N(CC)CC)n2)nc1. The molecule has 0 saturated heterocycles. The summed E-state index contributed by atoms with van der Waals surface area (Å²) >= 11 is 6.01. The van der Waals surface area contributed by atoms with Crippen LogP contribution in [0.4, 0.5) is 5.95 Å². The third kappa shape index (κ3) is 4.11. The van der Waals surface area contributed by atoms with Gasteiger partial charge in [0.25, 0.3) is 0 Å². The largest absolute Gasteiger partial charge is 0.341 e. The van der Waals surface area contributed by atoms with Gasteiger partial charge in [0.05, 0.1) is 6.42 Å². The van der Waals surface area contributed by atoms with E-state index in [1.165, 1.54) is 5.56 Å². The summed E-state index contributed by atoms with van der Waals surface area (Å²) in [7, 11) is 0. The molecule has 2 heterocycles. The van der Waals surface area contributed by atoms with Gasteiger partial charge in [0.1, 0.15) is 5.82 Å². The van der Waals surface area contributed by atoms with Gasteiger partial charge in [-0.25, -0.2) is 4.98 Å². The summed E-state index contributed by atoms with van der Waals surface area (Å²) in [6, 6.07) is 4.09. The molecule has 0 bridgehead atoms. The van der Waals surface area contributed by atoms with E-state index >= 15 is 0 Å². The normalized spacial score (nSPS) is 10.7. The fourth-order valence-corrected chi connectivity index (χ4v) is 2.21. The molecule has 6 heteroatoms. The first-order chi connectivity index (χ1) is 10.2. The molecule has 2 rings (SSSR count). The van der Waals surface area contributed by atoms with Crippen LogP contribution in [0.25, 0.3) is 0 Å². The van der Waals surface area contributed by atoms with E-state index in [0.29, 0.717) is 18.2 Å². The number of pyridine rings is 1. The fourth-order valence-electron chi connectivity index (χ4n) is 2.04. The molecule has 2 aromatic rings. The van der Waals surface area contributed by atoms with Gasteiger partial charge in [0.15, 0.2) is 0 Å². The molecule has 0 aliphatic rings. The summed E-state index contributed by atoms with van der Waals surface area (Å²) in [6.45, 7) is 7.90. The third-order valence-electron chi connectivity index (χ3n) is 3.32. The quantitative estimate of drug-likeness (QED) is 0.821. The maximum Gasteiger partial charge on any atom is 0.229 e. The van der Waals surface area contributed by atoms with Gasteiger partial charge in [-0.2, -0.15) is 9.97 Å². The number of rotatable bonds is 6. The number of aromatic nitrogens is 4. The lowest BCUT2D eigenvalue weighted by Crippen LogP contribution is -2.25. The Hall–Kier alpha value is -1.75. The van der Waals surface area contributed by atoms with E-state index in [9.17, 15) is 0 Å². The first-order valence-corrected chi connectivity index (χ1v) is 7.63. The third-order valence-corrected chi connectivity index (χ3v) is 3.49. The Labute approximate surface area is 130 Å². The summed E-state index contributed by atoms with van der Waals surface area (Å²) in [5.41, 5.74) is 2.15. The van der Waals surface area contributed by atoms with E-state index in [2.05, 4.69) is 46.8 Å². The molecule has 0 aliphatic carbocycles. The molecule has 0 spiro atoms. The molecule has 0 amide bonds. The molecule has 0 N–H and O–H groups in total. The number of hydrogen-bond donors (Lipinski definition) is 0. The molecular formula is C15H20ClN5. The van der Waals surface area contributed by atoms with Crippen LogP contribution in [0.2, 0.25) is 5.28 Å². The Morgan fingerprint density at radius 3 is 2.38 bits per heavy atom. The second kappa shape index (κ2) is 7.31. The highest BCUT2D eigenvalue weighted by Crippen LogP contribution is 2.13. The number of nitrogens with zero attached hydrogens (tertiary/aromatic N) is 5. The van der Waals surface area contributed by atoms with Crippen molar-refractivity contribution < 1.29 is 0 Å². The Bertz CT molecular complexity index is 581. The van der Waals surface area contributed by atoms with Crippen molar-refractivity contribution in [2.24, 2.45) is 0 Å². The highest BCUT2D eigenvalue weighted by Gasteiger charge is 2.11. The van der Waals surface area contributed by atoms with Crippen molar-refractivity contribution in [2.45, 2.75) is 33.6 Å². The zero-order valence-corrected chi connectivity index (χ0v) is 13.4.